The molecule has 2 heteroatoms. The zero-order valence-electron chi connectivity index (χ0n) is 8.33. The Bertz CT molecular complexity index is 116. The molecule has 1 aliphatic rings. The fraction of sp³-hybridized carbons (Fsp3) is 1.00. The molecule has 62 valence electrons. The molecule has 0 saturated carbocycles. The molecule has 1 aliphatic heterocycles. The van der Waals surface area contributed by atoms with Crippen molar-refractivity contribution in [3.63, 3.8) is 0 Å². The Hall–Kier alpha value is 0.726. The number of nitrogens with one attached hydrogen (secondary N) is 1. The van der Waals surface area contributed by atoms with Crippen molar-refractivity contribution in [3.05, 3.63) is 0 Å². The molecule has 0 bridgehead atoms. The van der Waals surface area contributed by atoms with E-state index in [0.29, 0.717) is 11.1 Å². The van der Waals surface area contributed by atoms with Gasteiger partial charge in [0.25, 0.3) is 0 Å². The highest BCUT2D eigenvalue weighted by atomic mass is 24.3. The molecule has 0 aromatic rings. The van der Waals surface area contributed by atoms with Crippen molar-refractivity contribution in [3.8, 4) is 0 Å². The molecule has 1 nitrogen and oxygen atoms in total. The van der Waals surface area contributed by atoms with Crippen LogP contribution in [-0.4, -0.2) is 34.1 Å². The summed E-state index contributed by atoms with van der Waals surface area (Å²) in [6.45, 7) is 9.14. The Kier molecular flexibility index (Phi) is 3.87. The van der Waals surface area contributed by atoms with Crippen LogP contribution < -0.4 is 5.32 Å². The lowest BCUT2D eigenvalue weighted by Gasteiger charge is -2.42. The van der Waals surface area contributed by atoms with Gasteiger partial charge in [-0.25, -0.2) is 0 Å². The third-order valence-electron chi connectivity index (χ3n) is 2.28. The van der Waals surface area contributed by atoms with Crippen LogP contribution in [0.1, 0.15) is 47.0 Å². The van der Waals surface area contributed by atoms with Gasteiger partial charge in [-0.1, -0.05) is 0 Å². The monoisotopic (exact) mass is 165 g/mol. The van der Waals surface area contributed by atoms with Crippen molar-refractivity contribution in [1.82, 2.24) is 5.32 Å². The highest BCUT2D eigenvalue weighted by molar-refractivity contribution is 5.75. The summed E-state index contributed by atoms with van der Waals surface area (Å²) in [4.78, 5) is 0. The lowest BCUT2D eigenvalue weighted by atomic mass is 9.83. The van der Waals surface area contributed by atoms with E-state index in [1.807, 2.05) is 0 Å². The molecule has 1 N–H and O–H groups in total. The smallest absolute Gasteiger partial charge is 0.0130 e. The molecular formula is C9H19MgN. The zero-order valence-corrected chi connectivity index (χ0v) is 9.74. The molecule has 11 heavy (non-hydrogen) atoms. The van der Waals surface area contributed by atoms with Crippen molar-refractivity contribution in [2.24, 2.45) is 0 Å². The molecule has 1 saturated heterocycles. The van der Waals surface area contributed by atoms with Gasteiger partial charge in [-0.3, -0.25) is 0 Å². The minimum absolute atomic E-state index is 0. The summed E-state index contributed by atoms with van der Waals surface area (Å²) < 4.78 is 0. The van der Waals surface area contributed by atoms with Gasteiger partial charge < -0.3 is 5.32 Å². The molecule has 1 rings (SSSR count). The third-order valence-corrected chi connectivity index (χ3v) is 2.28. The molecule has 0 amide bonds. The maximum absolute atomic E-state index is 3.63. The maximum atomic E-state index is 3.63. The summed E-state index contributed by atoms with van der Waals surface area (Å²) in [6.07, 6.45) is 4.00. The number of hydrogen-bond donors (Lipinski definition) is 1. The lowest BCUT2D eigenvalue weighted by Crippen LogP contribution is -2.55. The highest BCUT2D eigenvalue weighted by Gasteiger charge is 2.31. The Balaban J connectivity index is 0.000001000. The molecule has 0 atom stereocenters. The van der Waals surface area contributed by atoms with E-state index in [4.69, 9.17) is 0 Å². The highest BCUT2D eigenvalue weighted by Crippen LogP contribution is 2.27. The van der Waals surface area contributed by atoms with Gasteiger partial charge in [0.2, 0.25) is 0 Å². The van der Waals surface area contributed by atoms with E-state index < -0.39 is 0 Å². The van der Waals surface area contributed by atoms with E-state index >= 15 is 0 Å². The van der Waals surface area contributed by atoms with Crippen LogP contribution in [-0.2, 0) is 0 Å². The normalized spacial score (nSPS) is 27.3. The van der Waals surface area contributed by atoms with Gasteiger partial charge in [0.1, 0.15) is 0 Å². The van der Waals surface area contributed by atoms with Crippen molar-refractivity contribution >= 4 is 23.1 Å². The molecule has 0 spiro atoms. The summed E-state index contributed by atoms with van der Waals surface area (Å²) in [5.41, 5.74) is 0.726. The predicted octanol–water partition coefficient (Wildman–Crippen LogP) is 1.94. The number of piperidine rings is 1. The Morgan fingerprint density at radius 3 is 1.45 bits per heavy atom. The van der Waals surface area contributed by atoms with Gasteiger partial charge >= 0.3 is 0 Å². The first-order chi connectivity index (χ1) is 4.41. The Morgan fingerprint density at radius 2 is 1.27 bits per heavy atom. The molecule has 0 aromatic carbocycles. The molecule has 0 aliphatic carbocycles. The zero-order chi connectivity index (χ0) is 7.83. The van der Waals surface area contributed by atoms with Crippen molar-refractivity contribution in [1.29, 1.82) is 0 Å². The second-order valence-corrected chi connectivity index (χ2v) is 4.75. The second kappa shape index (κ2) is 3.63. The van der Waals surface area contributed by atoms with Crippen molar-refractivity contribution < 1.29 is 0 Å². The van der Waals surface area contributed by atoms with Crippen LogP contribution in [0, 0.1) is 0 Å². The van der Waals surface area contributed by atoms with Gasteiger partial charge in [0.15, 0.2) is 0 Å². The van der Waals surface area contributed by atoms with E-state index in [0.717, 1.165) is 0 Å². The standard InChI is InChI=1S/C9H19N.Mg/c1-8(2)6-5-7-9(3,4)10-8;/h10H,5-7H2,1-4H3;. The summed E-state index contributed by atoms with van der Waals surface area (Å²) >= 11 is 0. The van der Waals surface area contributed by atoms with Gasteiger partial charge in [-0.05, 0) is 47.0 Å². The topological polar surface area (TPSA) is 12.0 Å². The average Bonchev–Trinajstić information content (AvgIpc) is 1.56. The van der Waals surface area contributed by atoms with E-state index in [-0.39, 0.29) is 23.1 Å². The first-order valence-electron chi connectivity index (χ1n) is 4.21. The van der Waals surface area contributed by atoms with Crippen LogP contribution in [0.3, 0.4) is 0 Å². The van der Waals surface area contributed by atoms with E-state index in [9.17, 15) is 0 Å². The molecule has 1 heterocycles. The first-order valence-corrected chi connectivity index (χ1v) is 4.21. The fourth-order valence-electron chi connectivity index (χ4n) is 2.01. The summed E-state index contributed by atoms with van der Waals surface area (Å²) in [7, 11) is 0. The Morgan fingerprint density at radius 1 is 0.909 bits per heavy atom. The first kappa shape index (κ1) is 11.7. The molecule has 0 unspecified atom stereocenters. The van der Waals surface area contributed by atoms with Gasteiger partial charge in [0.05, 0.1) is 0 Å². The molecular weight excluding hydrogens is 146 g/mol. The minimum Gasteiger partial charge on any atom is -0.307 e. The van der Waals surface area contributed by atoms with Crippen LogP contribution in [0.4, 0.5) is 0 Å². The van der Waals surface area contributed by atoms with E-state index in [2.05, 4.69) is 33.0 Å². The minimum atomic E-state index is 0. The van der Waals surface area contributed by atoms with Crippen molar-refractivity contribution in [2.75, 3.05) is 0 Å². The third kappa shape index (κ3) is 3.77. The fourth-order valence-corrected chi connectivity index (χ4v) is 2.01. The van der Waals surface area contributed by atoms with Crippen molar-refractivity contribution in [2.45, 2.75) is 58.0 Å². The van der Waals surface area contributed by atoms with Crippen LogP contribution in [0.15, 0.2) is 0 Å². The molecule has 1 fully saturated rings. The van der Waals surface area contributed by atoms with Crippen LogP contribution >= 0.6 is 0 Å². The van der Waals surface area contributed by atoms with Gasteiger partial charge in [-0.2, -0.15) is 0 Å². The van der Waals surface area contributed by atoms with Gasteiger partial charge in [-0.15, -0.1) is 0 Å². The van der Waals surface area contributed by atoms with Crippen LogP contribution in [0.25, 0.3) is 0 Å². The molecule has 2 radical (unpaired) electrons. The van der Waals surface area contributed by atoms with Crippen LogP contribution in [0.2, 0.25) is 0 Å². The van der Waals surface area contributed by atoms with E-state index in [1.165, 1.54) is 19.3 Å². The average molecular weight is 166 g/mol. The largest absolute Gasteiger partial charge is 0.307 e. The predicted molar refractivity (Wildman–Crippen MR) is 50.9 cm³/mol. The second-order valence-electron chi connectivity index (χ2n) is 4.75. The maximum Gasteiger partial charge on any atom is 0.0130 e. The Labute approximate surface area is 86.5 Å². The summed E-state index contributed by atoms with van der Waals surface area (Å²) in [6, 6.07) is 0. The number of rotatable bonds is 0. The van der Waals surface area contributed by atoms with E-state index in [1.54, 1.807) is 0 Å². The van der Waals surface area contributed by atoms with Gasteiger partial charge in [0, 0.05) is 34.1 Å². The molecule has 0 aromatic heterocycles. The number of hydrogen-bond acceptors (Lipinski definition) is 1. The summed E-state index contributed by atoms with van der Waals surface area (Å²) in [5.74, 6) is 0. The lowest BCUT2D eigenvalue weighted by molar-refractivity contribution is 0.183. The SMILES string of the molecule is CC1(C)CCCC(C)(C)N1.[Mg]. The van der Waals surface area contributed by atoms with Crippen LogP contribution in [0.5, 0.6) is 0 Å². The quantitative estimate of drug-likeness (QED) is 0.541. The summed E-state index contributed by atoms with van der Waals surface area (Å²) in [5, 5.41) is 3.63.